The molecule has 0 rings (SSSR count). The van der Waals surface area contributed by atoms with Crippen LogP contribution in [0, 0.1) is 0 Å². The smallest absolute Gasteiger partial charge is 0.0585 e. The molecule has 0 saturated carbocycles. The monoisotopic (exact) mass is 217 g/mol. The van der Waals surface area contributed by atoms with E-state index in [4.69, 9.17) is 5.11 Å². The molecule has 0 saturated heterocycles. The lowest BCUT2D eigenvalue weighted by atomic mass is 10.2. The highest BCUT2D eigenvalue weighted by molar-refractivity contribution is 4.65. The van der Waals surface area contributed by atoms with Crippen molar-refractivity contribution in [3.63, 3.8) is 0 Å². The van der Waals surface area contributed by atoms with Crippen molar-refractivity contribution in [1.82, 2.24) is 15.1 Å². The highest BCUT2D eigenvalue weighted by Crippen LogP contribution is 1.95. The number of aliphatic hydroxyl groups is 1. The molecule has 4 heteroatoms. The van der Waals surface area contributed by atoms with Gasteiger partial charge >= 0.3 is 0 Å². The summed E-state index contributed by atoms with van der Waals surface area (Å²) >= 11 is 0. The third-order valence-corrected chi connectivity index (χ3v) is 2.63. The normalized spacial score (nSPS) is 13.8. The van der Waals surface area contributed by atoms with Crippen molar-refractivity contribution < 1.29 is 5.11 Å². The number of hydrogen-bond acceptors (Lipinski definition) is 4. The number of aliphatic hydroxyl groups excluding tert-OH is 1. The fraction of sp³-hybridized carbons (Fsp3) is 1.00. The molecular formula is C11H27N3O. The molecule has 15 heavy (non-hydrogen) atoms. The van der Waals surface area contributed by atoms with Crippen molar-refractivity contribution in [3.8, 4) is 0 Å². The molecular weight excluding hydrogens is 190 g/mol. The van der Waals surface area contributed by atoms with E-state index >= 15 is 0 Å². The van der Waals surface area contributed by atoms with Crippen LogP contribution in [0.4, 0.5) is 0 Å². The molecule has 0 spiro atoms. The summed E-state index contributed by atoms with van der Waals surface area (Å²) in [6, 6.07) is 0.237. The van der Waals surface area contributed by atoms with Crippen molar-refractivity contribution in [3.05, 3.63) is 0 Å². The minimum atomic E-state index is 0.224. The minimum Gasteiger partial charge on any atom is -0.395 e. The maximum absolute atomic E-state index is 9.00. The van der Waals surface area contributed by atoms with E-state index in [2.05, 4.69) is 36.3 Å². The molecule has 0 aliphatic carbocycles. The average molecular weight is 217 g/mol. The van der Waals surface area contributed by atoms with E-state index in [1.54, 1.807) is 0 Å². The second-order valence-corrected chi connectivity index (χ2v) is 4.42. The molecule has 0 bridgehead atoms. The van der Waals surface area contributed by atoms with Crippen LogP contribution in [0.15, 0.2) is 0 Å². The summed E-state index contributed by atoms with van der Waals surface area (Å²) in [6.07, 6.45) is 2.21. The van der Waals surface area contributed by atoms with Gasteiger partial charge in [-0.2, -0.15) is 0 Å². The first-order valence-electron chi connectivity index (χ1n) is 5.71. The highest BCUT2D eigenvalue weighted by atomic mass is 16.3. The molecule has 1 atom stereocenters. The largest absolute Gasteiger partial charge is 0.395 e. The van der Waals surface area contributed by atoms with Crippen LogP contribution in [0.25, 0.3) is 0 Å². The van der Waals surface area contributed by atoms with E-state index in [0.717, 1.165) is 26.1 Å². The highest BCUT2D eigenvalue weighted by Gasteiger charge is 2.05. The minimum absolute atomic E-state index is 0.224. The number of nitrogens with zero attached hydrogens (tertiary/aromatic N) is 2. The molecule has 0 aliphatic heterocycles. The Hall–Kier alpha value is -0.160. The topological polar surface area (TPSA) is 38.7 Å². The van der Waals surface area contributed by atoms with Crippen LogP contribution in [0.3, 0.4) is 0 Å². The van der Waals surface area contributed by atoms with E-state index < -0.39 is 0 Å². The Labute approximate surface area is 94.3 Å². The zero-order valence-corrected chi connectivity index (χ0v) is 10.7. The summed E-state index contributed by atoms with van der Waals surface area (Å²) in [7, 11) is 8.23. The van der Waals surface area contributed by atoms with Gasteiger partial charge in [0.05, 0.1) is 6.61 Å². The standard InChI is InChI=1S/C11H27N3O/c1-12-11(10-15)6-9-14(4)8-5-7-13(2)3/h11-12,15H,5-10H2,1-4H3. The van der Waals surface area contributed by atoms with Gasteiger partial charge in [-0.1, -0.05) is 0 Å². The fourth-order valence-electron chi connectivity index (χ4n) is 1.47. The van der Waals surface area contributed by atoms with Gasteiger partial charge in [0.25, 0.3) is 0 Å². The Morgan fingerprint density at radius 3 is 2.27 bits per heavy atom. The molecule has 0 aliphatic rings. The maximum Gasteiger partial charge on any atom is 0.0585 e. The number of rotatable bonds is 9. The Kier molecular flexibility index (Phi) is 9.00. The summed E-state index contributed by atoms with van der Waals surface area (Å²) in [5.41, 5.74) is 0. The van der Waals surface area contributed by atoms with Gasteiger partial charge in [-0.25, -0.2) is 0 Å². The van der Waals surface area contributed by atoms with Crippen molar-refractivity contribution in [1.29, 1.82) is 0 Å². The third-order valence-electron chi connectivity index (χ3n) is 2.63. The summed E-state index contributed by atoms with van der Waals surface area (Å²) in [5.74, 6) is 0. The maximum atomic E-state index is 9.00. The lowest BCUT2D eigenvalue weighted by Crippen LogP contribution is -2.34. The van der Waals surface area contributed by atoms with Crippen LogP contribution < -0.4 is 5.32 Å². The van der Waals surface area contributed by atoms with Crippen LogP contribution in [0.5, 0.6) is 0 Å². The number of likely N-dealkylation sites (N-methyl/N-ethyl adjacent to an activating group) is 1. The predicted octanol–water partition coefficient (Wildman–Crippen LogP) is -0.160. The quantitative estimate of drug-likeness (QED) is 0.563. The van der Waals surface area contributed by atoms with Crippen LogP contribution in [-0.4, -0.2) is 75.4 Å². The molecule has 92 valence electrons. The van der Waals surface area contributed by atoms with E-state index in [9.17, 15) is 0 Å². The number of nitrogens with one attached hydrogen (secondary N) is 1. The van der Waals surface area contributed by atoms with Crippen LogP contribution in [-0.2, 0) is 0 Å². The Morgan fingerprint density at radius 2 is 1.80 bits per heavy atom. The lowest BCUT2D eigenvalue weighted by Gasteiger charge is -2.20. The molecule has 0 heterocycles. The second-order valence-electron chi connectivity index (χ2n) is 4.42. The van der Waals surface area contributed by atoms with Crippen molar-refractivity contribution in [2.45, 2.75) is 18.9 Å². The van der Waals surface area contributed by atoms with Gasteiger partial charge < -0.3 is 20.2 Å². The van der Waals surface area contributed by atoms with Gasteiger partial charge in [0, 0.05) is 6.04 Å². The van der Waals surface area contributed by atoms with Crippen LogP contribution >= 0.6 is 0 Å². The lowest BCUT2D eigenvalue weighted by molar-refractivity contribution is 0.220. The van der Waals surface area contributed by atoms with Crippen molar-refractivity contribution in [2.24, 2.45) is 0 Å². The molecule has 0 aromatic heterocycles. The first-order valence-corrected chi connectivity index (χ1v) is 5.71. The molecule has 0 amide bonds. The molecule has 1 unspecified atom stereocenters. The Morgan fingerprint density at radius 1 is 1.13 bits per heavy atom. The zero-order chi connectivity index (χ0) is 11.7. The second kappa shape index (κ2) is 9.09. The van der Waals surface area contributed by atoms with Crippen molar-refractivity contribution in [2.75, 3.05) is 54.4 Å². The van der Waals surface area contributed by atoms with E-state index in [0.29, 0.717) is 0 Å². The summed E-state index contributed by atoms with van der Waals surface area (Å²) in [4.78, 5) is 4.53. The molecule has 4 nitrogen and oxygen atoms in total. The zero-order valence-electron chi connectivity index (χ0n) is 10.7. The van der Waals surface area contributed by atoms with Crippen LogP contribution in [0.2, 0.25) is 0 Å². The third kappa shape index (κ3) is 8.81. The van der Waals surface area contributed by atoms with Crippen molar-refractivity contribution >= 4 is 0 Å². The summed E-state index contributed by atoms with van der Waals surface area (Å²) in [6.45, 7) is 3.53. The SMILES string of the molecule is CNC(CO)CCN(C)CCCN(C)C. The average Bonchev–Trinajstić information content (AvgIpc) is 2.18. The van der Waals surface area contributed by atoms with Gasteiger partial charge in [0.15, 0.2) is 0 Å². The van der Waals surface area contributed by atoms with Gasteiger partial charge in [-0.3, -0.25) is 0 Å². The fourth-order valence-corrected chi connectivity index (χ4v) is 1.47. The van der Waals surface area contributed by atoms with Gasteiger partial charge in [0.2, 0.25) is 0 Å². The Balaban J connectivity index is 3.43. The first-order chi connectivity index (χ1) is 7.10. The molecule has 0 aromatic carbocycles. The van der Waals surface area contributed by atoms with E-state index in [1.807, 2.05) is 7.05 Å². The molecule has 0 aromatic rings. The predicted molar refractivity (Wildman–Crippen MR) is 65.2 cm³/mol. The molecule has 2 N–H and O–H groups in total. The van der Waals surface area contributed by atoms with Gasteiger partial charge in [0.1, 0.15) is 0 Å². The number of hydrogen-bond donors (Lipinski definition) is 2. The van der Waals surface area contributed by atoms with E-state index in [-0.39, 0.29) is 12.6 Å². The molecule has 0 radical (unpaired) electrons. The van der Waals surface area contributed by atoms with Gasteiger partial charge in [-0.15, -0.1) is 0 Å². The van der Waals surface area contributed by atoms with E-state index in [1.165, 1.54) is 6.42 Å². The first kappa shape index (κ1) is 14.8. The molecule has 0 fully saturated rings. The summed E-state index contributed by atoms with van der Waals surface area (Å²) in [5, 5.41) is 12.1. The van der Waals surface area contributed by atoms with Gasteiger partial charge in [-0.05, 0) is 60.7 Å². The summed E-state index contributed by atoms with van der Waals surface area (Å²) < 4.78 is 0. The van der Waals surface area contributed by atoms with Crippen LogP contribution in [0.1, 0.15) is 12.8 Å². The Bertz CT molecular complexity index is 138.